The van der Waals surface area contributed by atoms with Crippen molar-refractivity contribution in [2.24, 2.45) is 0 Å². The minimum Gasteiger partial charge on any atom is -0.294 e. The first kappa shape index (κ1) is 11.6. The zero-order chi connectivity index (χ0) is 10.7. The van der Waals surface area contributed by atoms with E-state index in [-0.39, 0.29) is 22.3 Å². The molecule has 0 saturated heterocycles. The molecule has 0 atom stereocenters. The molecule has 0 radical (unpaired) electrons. The van der Waals surface area contributed by atoms with Gasteiger partial charge in [-0.3, -0.25) is 4.79 Å². The molecule has 0 aliphatic rings. The second-order valence-electron chi connectivity index (χ2n) is 2.61. The molecule has 0 amide bonds. The molecule has 14 heavy (non-hydrogen) atoms. The lowest BCUT2D eigenvalue weighted by Gasteiger charge is -2.02. The number of rotatable bonds is 3. The van der Waals surface area contributed by atoms with Crippen LogP contribution < -0.4 is 0 Å². The van der Waals surface area contributed by atoms with Gasteiger partial charge in [0.25, 0.3) is 0 Å². The summed E-state index contributed by atoms with van der Waals surface area (Å²) >= 11 is 8.14. The van der Waals surface area contributed by atoms with E-state index >= 15 is 0 Å². The average Bonchev–Trinajstić information content (AvgIpc) is 2.11. The Balaban J connectivity index is 3.09. The van der Waals surface area contributed by atoms with Gasteiger partial charge in [0.1, 0.15) is 11.6 Å². The maximum absolute atomic E-state index is 13.1. The Kier molecular flexibility index (Phi) is 4.01. The quantitative estimate of drug-likeness (QED) is 0.471. The molecular weight excluding hydrogens is 277 g/mol. The van der Waals surface area contributed by atoms with Gasteiger partial charge >= 0.3 is 0 Å². The maximum Gasteiger partial charge on any atom is 0.167 e. The first-order valence-electron chi connectivity index (χ1n) is 3.80. The van der Waals surface area contributed by atoms with Crippen molar-refractivity contribution in [3.05, 3.63) is 33.8 Å². The highest BCUT2D eigenvalue weighted by Gasteiger charge is 2.14. The first-order valence-corrected chi connectivity index (χ1v) is 5.12. The van der Waals surface area contributed by atoms with Crippen molar-refractivity contribution in [3.8, 4) is 0 Å². The number of ketones is 1. The summed E-state index contributed by atoms with van der Waals surface area (Å²) in [5.74, 6) is -1.81. The highest BCUT2D eigenvalue weighted by Crippen LogP contribution is 2.20. The summed E-state index contributed by atoms with van der Waals surface area (Å²) in [6.07, 6.45) is -0.000448. The van der Waals surface area contributed by atoms with E-state index in [9.17, 15) is 13.6 Å². The summed E-state index contributed by atoms with van der Waals surface area (Å²) in [5, 5.41) is 0. The van der Waals surface area contributed by atoms with Crippen molar-refractivity contribution >= 4 is 33.3 Å². The normalized spacial score (nSPS) is 10.3. The molecule has 0 heterocycles. The van der Waals surface area contributed by atoms with Crippen LogP contribution in [0.15, 0.2) is 16.6 Å². The minimum absolute atomic E-state index is 0.000448. The van der Waals surface area contributed by atoms with E-state index in [0.717, 1.165) is 12.1 Å². The number of benzene rings is 1. The highest BCUT2D eigenvalue weighted by molar-refractivity contribution is 9.10. The second kappa shape index (κ2) is 4.84. The lowest BCUT2D eigenvalue weighted by atomic mass is 10.1. The van der Waals surface area contributed by atoms with Crippen LogP contribution in [0.2, 0.25) is 0 Å². The smallest absolute Gasteiger partial charge is 0.167 e. The Morgan fingerprint density at radius 2 is 2.00 bits per heavy atom. The number of hydrogen-bond acceptors (Lipinski definition) is 1. The Morgan fingerprint density at radius 1 is 1.36 bits per heavy atom. The summed E-state index contributed by atoms with van der Waals surface area (Å²) in [6.45, 7) is 0. The van der Waals surface area contributed by atoms with Gasteiger partial charge in [-0.1, -0.05) is 0 Å². The van der Waals surface area contributed by atoms with Crippen LogP contribution in [0.3, 0.4) is 0 Å². The van der Waals surface area contributed by atoms with Crippen LogP contribution in [0.25, 0.3) is 0 Å². The molecule has 0 N–H and O–H groups in total. The molecule has 76 valence electrons. The van der Waals surface area contributed by atoms with Crippen molar-refractivity contribution in [2.45, 2.75) is 6.42 Å². The van der Waals surface area contributed by atoms with Crippen LogP contribution in [0.5, 0.6) is 0 Å². The first-order chi connectivity index (χ1) is 6.56. The van der Waals surface area contributed by atoms with E-state index in [1.54, 1.807) is 0 Å². The molecule has 1 nitrogen and oxygen atoms in total. The van der Waals surface area contributed by atoms with Gasteiger partial charge in [0, 0.05) is 12.3 Å². The second-order valence-corrected chi connectivity index (χ2v) is 3.84. The van der Waals surface area contributed by atoms with Gasteiger partial charge < -0.3 is 0 Å². The fraction of sp³-hybridized carbons (Fsp3) is 0.222. The van der Waals surface area contributed by atoms with Gasteiger partial charge in [-0.05, 0) is 28.1 Å². The van der Waals surface area contributed by atoms with E-state index in [1.807, 2.05) is 0 Å². The molecule has 1 aromatic carbocycles. The number of carbonyl (C=O) groups excluding carboxylic acids is 1. The average molecular weight is 283 g/mol. The largest absolute Gasteiger partial charge is 0.294 e. The molecule has 0 spiro atoms. The van der Waals surface area contributed by atoms with E-state index in [1.165, 1.54) is 0 Å². The summed E-state index contributed by atoms with van der Waals surface area (Å²) < 4.78 is 26.1. The Hall–Kier alpha value is -0.480. The predicted octanol–water partition coefficient (Wildman–Crippen LogP) is 3.54. The van der Waals surface area contributed by atoms with Crippen LogP contribution >= 0.6 is 27.5 Å². The summed E-state index contributed by atoms with van der Waals surface area (Å²) in [5.41, 5.74) is -0.258. The lowest BCUT2D eigenvalue weighted by molar-refractivity contribution is 0.0985. The lowest BCUT2D eigenvalue weighted by Crippen LogP contribution is -2.04. The van der Waals surface area contributed by atoms with E-state index < -0.39 is 17.4 Å². The molecule has 0 aliphatic heterocycles. The van der Waals surface area contributed by atoms with Gasteiger partial charge in [-0.2, -0.15) is 0 Å². The third-order valence-corrected chi connectivity index (χ3v) is 2.43. The molecule has 0 saturated carbocycles. The molecule has 1 rings (SSSR count). The van der Waals surface area contributed by atoms with E-state index in [0.29, 0.717) is 0 Å². The zero-order valence-corrected chi connectivity index (χ0v) is 9.33. The molecule has 0 aromatic heterocycles. The summed E-state index contributed by atoms with van der Waals surface area (Å²) in [6, 6.07) is 1.80. The van der Waals surface area contributed by atoms with Crippen LogP contribution in [-0.2, 0) is 0 Å². The van der Waals surface area contributed by atoms with Crippen molar-refractivity contribution in [1.29, 1.82) is 0 Å². The van der Waals surface area contributed by atoms with E-state index in [2.05, 4.69) is 15.9 Å². The van der Waals surface area contributed by atoms with Crippen molar-refractivity contribution < 1.29 is 13.6 Å². The van der Waals surface area contributed by atoms with Crippen LogP contribution in [0, 0.1) is 11.6 Å². The Bertz CT molecular complexity index is 368. The number of halogens is 4. The highest BCUT2D eigenvalue weighted by atomic mass is 79.9. The third-order valence-electron chi connectivity index (χ3n) is 1.63. The summed E-state index contributed by atoms with van der Waals surface area (Å²) in [7, 11) is 0. The van der Waals surface area contributed by atoms with Crippen molar-refractivity contribution in [1.82, 2.24) is 0 Å². The standard InChI is InChI=1S/C9H6BrClF2O/c10-6-4-7(12)5(3-8(6)13)9(14)1-2-11/h3-4H,1-2H2. The fourth-order valence-corrected chi connectivity index (χ4v) is 1.44. The molecular formula is C9H6BrClF2O. The monoisotopic (exact) mass is 282 g/mol. The van der Waals surface area contributed by atoms with Gasteiger partial charge in [-0.15, -0.1) is 11.6 Å². The van der Waals surface area contributed by atoms with Gasteiger partial charge in [0.2, 0.25) is 0 Å². The van der Waals surface area contributed by atoms with Gasteiger partial charge in [-0.25, -0.2) is 8.78 Å². The molecule has 0 fully saturated rings. The molecule has 5 heteroatoms. The molecule has 1 aromatic rings. The summed E-state index contributed by atoms with van der Waals surface area (Å²) in [4.78, 5) is 11.2. The van der Waals surface area contributed by atoms with Crippen LogP contribution in [0.1, 0.15) is 16.8 Å². The van der Waals surface area contributed by atoms with Crippen molar-refractivity contribution in [3.63, 3.8) is 0 Å². The maximum atomic E-state index is 13.1. The van der Waals surface area contributed by atoms with E-state index in [4.69, 9.17) is 11.6 Å². The number of Topliss-reactive ketones (excluding diaryl/α,β-unsaturated/α-hetero) is 1. The number of alkyl halides is 1. The van der Waals surface area contributed by atoms with Crippen LogP contribution in [0.4, 0.5) is 8.78 Å². The van der Waals surface area contributed by atoms with Gasteiger partial charge in [0.05, 0.1) is 10.0 Å². The molecule has 0 unspecified atom stereocenters. The number of hydrogen-bond donors (Lipinski definition) is 0. The third kappa shape index (κ3) is 2.51. The SMILES string of the molecule is O=C(CCCl)c1cc(F)c(Br)cc1F. The Labute approximate surface area is 93.2 Å². The number of carbonyl (C=O) groups is 1. The van der Waals surface area contributed by atoms with Gasteiger partial charge in [0.15, 0.2) is 5.78 Å². The minimum atomic E-state index is -0.742. The molecule has 0 bridgehead atoms. The topological polar surface area (TPSA) is 17.1 Å². The predicted molar refractivity (Wildman–Crippen MR) is 53.7 cm³/mol. The van der Waals surface area contributed by atoms with Crippen molar-refractivity contribution in [2.75, 3.05) is 5.88 Å². The zero-order valence-electron chi connectivity index (χ0n) is 6.99. The Morgan fingerprint density at radius 3 is 2.57 bits per heavy atom. The molecule has 0 aliphatic carbocycles. The van der Waals surface area contributed by atoms with Crippen LogP contribution in [-0.4, -0.2) is 11.7 Å². The fourth-order valence-electron chi connectivity index (χ4n) is 0.957.